The highest BCUT2D eigenvalue weighted by Crippen LogP contribution is 2.49. The van der Waals surface area contributed by atoms with Crippen LogP contribution in [0.1, 0.15) is 45.4 Å². The molecular weight excluding hydrogens is 278 g/mol. The number of aliphatic hydroxyl groups excluding tert-OH is 1. The summed E-state index contributed by atoms with van der Waals surface area (Å²) in [5.41, 5.74) is 0.00987. The normalized spacial score (nSPS) is 48.9. The minimum atomic E-state index is -0.205. The number of aliphatic hydroxyl groups is 1. The van der Waals surface area contributed by atoms with Gasteiger partial charge in [-0.25, -0.2) is 0 Å². The summed E-state index contributed by atoms with van der Waals surface area (Å²) >= 11 is 0. The number of amides is 1. The van der Waals surface area contributed by atoms with Gasteiger partial charge in [0.1, 0.15) is 6.04 Å². The molecule has 0 radical (unpaired) electrons. The summed E-state index contributed by atoms with van der Waals surface area (Å²) in [6.07, 6.45) is 5.78. The molecule has 0 aromatic carbocycles. The number of hydrogen-bond acceptors (Lipinski definition) is 4. The second-order valence-corrected chi connectivity index (χ2v) is 8.21. The number of likely N-dealkylation sites (tertiary alicyclic amines) is 1. The van der Waals surface area contributed by atoms with E-state index in [4.69, 9.17) is 0 Å². The van der Waals surface area contributed by atoms with Gasteiger partial charge in [0, 0.05) is 11.6 Å². The van der Waals surface area contributed by atoms with Gasteiger partial charge < -0.3 is 15.3 Å². The van der Waals surface area contributed by atoms with Gasteiger partial charge in [-0.3, -0.25) is 4.79 Å². The highest BCUT2D eigenvalue weighted by Gasteiger charge is 2.54. The lowest BCUT2D eigenvalue weighted by Gasteiger charge is -2.29. The standard InChI is InChI=1S/C17H25N3O2/c1-17(6-11-3-14(21)4-12(11)7-17)19-9-16(22)20-13(8-18)2-10-5-15(10)20/h10-15,19,21H,2-7,9H2,1H3/t10-,11-,12+,13?,14?,15?,17?/m1/s1. The Morgan fingerprint density at radius 1 is 1.27 bits per heavy atom. The Bertz CT molecular complexity index is 514. The summed E-state index contributed by atoms with van der Waals surface area (Å²) in [5, 5.41) is 22.4. The van der Waals surface area contributed by atoms with E-state index in [-0.39, 0.29) is 23.6 Å². The average Bonchev–Trinajstić information content (AvgIpc) is 2.83. The number of piperidine rings is 1. The molecule has 4 aliphatic rings. The zero-order valence-electron chi connectivity index (χ0n) is 13.2. The fraction of sp³-hybridized carbons (Fsp3) is 0.882. The predicted octanol–water partition coefficient (Wildman–Crippen LogP) is 1.03. The van der Waals surface area contributed by atoms with Gasteiger partial charge in [0.05, 0.1) is 18.7 Å². The SMILES string of the molecule is CC1(NCC(=O)N2C(C#N)C[C@@H]3CC32)C[C@H]2CC(O)C[C@H]2C1. The van der Waals surface area contributed by atoms with Gasteiger partial charge in [0.2, 0.25) is 5.91 Å². The van der Waals surface area contributed by atoms with Gasteiger partial charge in [0.15, 0.2) is 0 Å². The Kier molecular flexibility index (Phi) is 3.25. The lowest BCUT2D eigenvalue weighted by molar-refractivity contribution is -0.131. The van der Waals surface area contributed by atoms with Crippen LogP contribution in [0.5, 0.6) is 0 Å². The molecule has 22 heavy (non-hydrogen) atoms. The molecule has 1 heterocycles. The maximum atomic E-state index is 12.5. The number of nitriles is 1. The third kappa shape index (κ3) is 2.33. The van der Waals surface area contributed by atoms with Gasteiger partial charge in [-0.15, -0.1) is 0 Å². The number of fused-ring (bicyclic) bond motifs is 2. The van der Waals surface area contributed by atoms with Crippen molar-refractivity contribution >= 4 is 5.91 Å². The van der Waals surface area contributed by atoms with E-state index in [0.717, 1.165) is 38.5 Å². The number of rotatable bonds is 3. The smallest absolute Gasteiger partial charge is 0.237 e. The van der Waals surface area contributed by atoms with Crippen LogP contribution >= 0.6 is 0 Å². The van der Waals surface area contributed by atoms with Crippen LogP contribution in [0.15, 0.2) is 0 Å². The van der Waals surface area contributed by atoms with Crippen molar-refractivity contribution < 1.29 is 9.90 Å². The molecule has 0 spiro atoms. The van der Waals surface area contributed by atoms with Crippen LogP contribution in [-0.2, 0) is 4.79 Å². The summed E-state index contributed by atoms with van der Waals surface area (Å²) in [6.45, 7) is 2.55. The largest absolute Gasteiger partial charge is 0.393 e. The molecule has 1 amide bonds. The molecule has 2 N–H and O–H groups in total. The van der Waals surface area contributed by atoms with Crippen LogP contribution in [0.4, 0.5) is 0 Å². The molecule has 3 saturated carbocycles. The third-order valence-electron chi connectivity index (χ3n) is 6.45. The third-order valence-corrected chi connectivity index (χ3v) is 6.45. The first kappa shape index (κ1) is 14.5. The highest BCUT2D eigenvalue weighted by atomic mass is 16.3. The Morgan fingerprint density at radius 2 is 1.95 bits per heavy atom. The van der Waals surface area contributed by atoms with E-state index in [9.17, 15) is 15.2 Å². The van der Waals surface area contributed by atoms with Crippen molar-refractivity contribution in [3.63, 3.8) is 0 Å². The molecule has 1 aliphatic heterocycles. The first-order chi connectivity index (χ1) is 10.5. The van der Waals surface area contributed by atoms with Crippen molar-refractivity contribution in [1.29, 1.82) is 5.26 Å². The lowest BCUT2D eigenvalue weighted by Crippen LogP contribution is -2.49. The summed E-state index contributed by atoms with van der Waals surface area (Å²) < 4.78 is 0. The zero-order valence-corrected chi connectivity index (χ0v) is 13.2. The Labute approximate surface area is 131 Å². The minimum absolute atomic E-state index is 0.00987. The number of carbonyl (C=O) groups excluding carboxylic acids is 1. The molecule has 5 heteroatoms. The number of hydrogen-bond donors (Lipinski definition) is 2. The molecule has 0 aromatic heterocycles. The molecule has 4 rings (SSSR count). The van der Waals surface area contributed by atoms with Gasteiger partial charge in [-0.1, -0.05) is 0 Å². The van der Waals surface area contributed by atoms with Crippen LogP contribution in [0.2, 0.25) is 0 Å². The van der Waals surface area contributed by atoms with E-state index in [1.807, 2.05) is 4.90 Å². The van der Waals surface area contributed by atoms with Crippen molar-refractivity contribution in [1.82, 2.24) is 10.2 Å². The monoisotopic (exact) mass is 303 g/mol. The van der Waals surface area contributed by atoms with E-state index in [0.29, 0.717) is 30.3 Å². The van der Waals surface area contributed by atoms with Crippen LogP contribution in [0.25, 0.3) is 0 Å². The topological polar surface area (TPSA) is 76.4 Å². The maximum absolute atomic E-state index is 12.5. The van der Waals surface area contributed by atoms with Crippen LogP contribution < -0.4 is 5.32 Å². The summed E-state index contributed by atoms with van der Waals surface area (Å²) in [5.74, 6) is 1.88. The van der Waals surface area contributed by atoms with Crippen molar-refractivity contribution in [2.24, 2.45) is 17.8 Å². The van der Waals surface area contributed by atoms with Crippen molar-refractivity contribution in [2.75, 3.05) is 6.54 Å². The molecule has 0 aromatic rings. The Balaban J connectivity index is 1.33. The summed E-state index contributed by atoms with van der Waals surface area (Å²) in [6, 6.07) is 2.41. The molecule has 120 valence electrons. The lowest BCUT2D eigenvalue weighted by atomic mass is 9.95. The molecule has 1 saturated heterocycles. The first-order valence-electron chi connectivity index (χ1n) is 8.63. The van der Waals surface area contributed by atoms with E-state index in [2.05, 4.69) is 18.3 Å². The second kappa shape index (κ2) is 4.94. The maximum Gasteiger partial charge on any atom is 0.237 e. The molecule has 4 fully saturated rings. The van der Waals surface area contributed by atoms with Crippen LogP contribution in [0, 0.1) is 29.1 Å². The van der Waals surface area contributed by atoms with Crippen molar-refractivity contribution in [3.8, 4) is 6.07 Å². The molecule has 0 bridgehead atoms. The fourth-order valence-corrected chi connectivity index (χ4v) is 5.38. The van der Waals surface area contributed by atoms with E-state index in [1.54, 1.807) is 0 Å². The quantitative estimate of drug-likeness (QED) is 0.816. The average molecular weight is 303 g/mol. The van der Waals surface area contributed by atoms with E-state index in [1.165, 1.54) is 0 Å². The number of nitrogens with zero attached hydrogens (tertiary/aromatic N) is 2. The number of nitrogens with one attached hydrogen (secondary N) is 1. The Hall–Kier alpha value is -1.12. The van der Waals surface area contributed by atoms with Gasteiger partial charge in [-0.05, 0) is 63.2 Å². The molecule has 3 aliphatic carbocycles. The number of carbonyl (C=O) groups is 1. The van der Waals surface area contributed by atoms with Crippen LogP contribution in [-0.4, -0.2) is 46.2 Å². The highest BCUT2D eigenvalue weighted by molar-refractivity contribution is 5.80. The molecule has 7 atom stereocenters. The summed E-state index contributed by atoms with van der Waals surface area (Å²) in [7, 11) is 0. The van der Waals surface area contributed by atoms with Crippen molar-refractivity contribution in [2.45, 2.75) is 69.2 Å². The van der Waals surface area contributed by atoms with E-state index < -0.39 is 0 Å². The minimum Gasteiger partial charge on any atom is -0.393 e. The van der Waals surface area contributed by atoms with E-state index >= 15 is 0 Å². The Morgan fingerprint density at radius 3 is 2.59 bits per heavy atom. The van der Waals surface area contributed by atoms with Gasteiger partial charge in [0.25, 0.3) is 0 Å². The van der Waals surface area contributed by atoms with Crippen molar-refractivity contribution in [3.05, 3.63) is 0 Å². The van der Waals surface area contributed by atoms with Crippen LogP contribution in [0.3, 0.4) is 0 Å². The zero-order chi connectivity index (χ0) is 15.5. The first-order valence-corrected chi connectivity index (χ1v) is 8.63. The molecular formula is C17H25N3O2. The van der Waals surface area contributed by atoms with Gasteiger partial charge in [-0.2, -0.15) is 5.26 Å². The fourth-order valence-electron chi connectivity index (χ4n) is 5.38. The molecule has 4 unspecified atom stereocenters. The van der Waals surface area contributed by atoms with Gasteiger partial charge >= 0.3 is 0 Å². The predicted molar refractivity (Wildman–Crippen MR) is 80.6 cm³/mol. The second-order valence-electron chi connectivity index (χ2n) is 8.21. The summed E-state index contributed by atoms with van der Waals surface area (Å²) in [4.78, 5) is 14.4. The molecule has 5 nitrogen and oxygen atoms in total.